The molecule has 2 atom stereocenters. The minimum atomic E-state index is 0.0865. The monoisotopic (exact) mass is 331 g/mol. The molecule has 3 heterocycles. The fourth-order valence-electron chi connectivity index (χ4n) is 3.67. The van der Waals surface area contributed by atoms with Gasteiger partial charge >= 0.3 is 0 Å². The summed E-state index contributed by atoms with van der Waals surface area (Å²) in [6.07, 6.45) is 6.61. The van der Waals surface area contributed by atoms with Crippen molar-refractivity contribution in [2.45, 2.75) is 44.8 Å². The number of H-pyrrole nitrogens is 1. The third-order valence-corrected chi connectivity index (χ3v) is 5.59. The number of thiazole rings is 1. The Bertz CT molecular complexity index is 706. The second kappa shape index (κ2) is 6.09. The quantitative estimate of drug-likeness (QED) is 0.919. The van der Waals surface area contributed by atoms with Crippen molar-refractivity contribution >= 4 is 17.2 Å². The van der Waals surface area contributed by atoms with Gasteiger partial charge in [0.05, 0.1) is 29.5 Å². The topological polar surface area (TPSA) is 58.2 Å². The molecule has 5 nitrogen and oxygen atoms in total. The first kappa shape index (κ1) is 14.9. The van der Waals surface area contributed by atoms with Gasteiger partial charge < -0.3 is 14.6 Å². The number of aryl methyl sites for hydroxylation is 1. The zero-order valence-electron chi connectivity index (χ0n) is 13.2. The summed E-state index contributed by atoms with van der Waals surface area (Å²) in [5.41, 5.74) is 2.56. The molecule has 0 unspecified atom stereocenters. The third-order valence-electron chi connectivity index (χ3n) is 4.82. The van der Waals surface area contributed by atoms with Gasteiger partial charge in [-0.05, 0) is 25.8 Å². The molecule has 6 heteroatoms. The maximum Gasteiger partial charge on any atom is 0.270 e. The van der Waals surface area contributed by atoms with Gasteiger partial charge in [-0.1, -0.05) is 12.8 Å². The fourth-order valence-corrected chi connectivity index (χ4v) is 4.29. The highest BCUT2D eigenvalue weighted by Crippen LogP contribution is 2.30. The average molecular weight is 331 g/mol. The number of aromatic amines is 1. The minimum Gasteiger partial charge on any atom is -0.374 e. The molecule has 23 heavy (non-hydrogen) atoms. The van der Waals surface area contributed by atoms with E-state index in [2.05, 4.69) is 9.97 Å². The molecule has 122 valence electrons. The van der Waals surface area contributed by atoms with Crippen molar-refractivity contribution in [3.63, 3.8) is 0 Å². The molecule has 1 aliphatic carbocycles. The largest absolute Gasteiger partial charge is 0.374 e. The molecule has 1 amide bonds. The van der Waals surface area contributed by atoms with Gasteiger partial charge in [-0.15, -0.1) is 11.3 Å². The van der Waals surface area contributed by atoms with Crippen LogP contribution in [0.2, 0.25) is 0 Å². The molecule has 0 radical (unpaired) electrons. The second-order valence-corrected chi connectivity index (χ2v) is 7.38. The molecule has 2 aromatic rings. The standard InChI is InChI=1S/C17H21N3O2S/c1-11-19-14(10-23-11)12-8-13(18-9-12)17(21)20-6-7-22-16-5-3-2-4-15(16)20/h8-10,15-16,18H,2-7H2,1H3/t15-,16-/m0/s1. The number of carbonyl (C=O) groups excluding carboxylic acids is 1. The summed E-state index contributed by atoms with van der Waals surface area (Å²) in [6.45, 7) is 3.32. The molecule has 0 spiro atoms. The summed E-state index contributed by atoms with van der Waals surface area (Å²) >= 11 is 1.62. The number of carbonyl (C=O) groups is 1. The summed E-state index contributed by atoms with van der Waals surface area (Å²) in [4.78, 5) is 22.6. The van der Waals surface area contributed by atoms with E-state index < -0.39 is 0 Å². The van der Waals surface area contributed by atoms with Gasteiger partial charge in [0.25, 0.3) is 5.91 Å². The fraction of sp³-hybridized carbons (Fsp3) is 0.529. The Morgan fingerprint density at radius 1 is 1.43 bits per heavy atom. The Morgan fingerprint density at radius 3 is 3.13 bits per heavy atom. The Balaban J connectivity index is 1.55. The van der Waals surface area contributed by atoms with Crippen LogP contribution in [0.4, 0.5) is 0 Å². The average Bonchev–Trinajstić information content (AvgIpc) is 3.22. The van der Waals surface area contributed by atoms with Crippen LogP contribution in [-0.2, 0) is 4.74 Å². The van der Waals surface area contributed by atoms with Crippen molar-refractivity contribution in [3.05, 3.63) is 28.3 Å². The molecule has 1 N–H and O–H groups in total. The van der Waals surface area contributed by atoms with Crippen molar-refractivity contribution in [1.29, 1.82) is 0 Å². The zero-order chi connectivity index (χ0) is 15.8. The molecule has 4 rings (SSSR count). The zero-order valence-corrected chi connectivity index (χ0v) is 14.1. The number of morpholine rings is 1. The van der Waals surface area contributed by atoms with Crippen LogP contribution in [0.5, 0.6) is 0 Å². The normalized spacial score (nSPS) is 24.5. The molecule has 2 aromatic heterocycles. The number of nitrogens with one attached hydrogen (secondary N) is 1. The molecule has 1 saturated carbocycles. The molecule has 2 fully saturated rings. The smallest absolute Gasteiger partial charge is 0.270 e. The predicted molar refractivity (Wildman–Crippen MR) is 89.7 cm³/mol. The highest BCUT2D eigenvalue weighted by Gasteiger charge is 2.37. The van der Waals surface area contributed by atoms with Crippen LogP contribution in [0, 0.1) is 6.92 Å². The van der Waals surface area contributed by atoms with Crippen molar-refractivity contribution in [3.8, 4) is 11.3 Å². The Labute approximate surface area is 139 Å². The van der Waals surface area contributed by atoms with E-state index in [1.807, 2.05) is 29.5 Å². The van der Waals surface area contributed by atoms with E-state index in [1.165, 1.54) is 12.8 Å². The Morgan fingerprint density at radius 2 is 2.30 bits per heavy atom. The summed E-state index contributed by atoms with van der Waals surface area (Å²) in [7, 11) is 0. The second-order valence-electron chi connectivity index (χ2n) is 6.31. The summed E-state index contributed by atoms with van der Waals surface area (Å²) in [5, 5.41) is 3.06. The lowest BCUT2D eigenvalue weighted by Crippen LogP contribution is -2.54. The number of hydrogen-bond donors (Lipinski definition) is 1. The van der Waals surface area contributed by atoms with Crippen molar-refractivity contribution in [1.82, 2.24) is 14.9 Å². The van der Waals surface area contributed by atoms with Crippen molar-refractivity contribution in [2.24, 2.45) is 0 Å². The first-order valence-electron chi connectivity index (χ1n) is 8.26. The van der Waals surface area contributed by atoms with Gasteiger partial charge in [-0.25, -0.2) is 4.98 Å². The summed E-state index contributed by atoms with van der Waals surface area (Å²) in [6, 6.07) is 2.16. The molecule has 2 aliphatic rings. The van der Waals surface area contributed by atoms with Crippen LogP contribution in [0.25, 0.3) is 11.3 Å². The number of rotatable bonds is 2. The van der Waals surface area contributed by atoms with Gasteiger partial charge in [0.1, 0.15) is 5.69 Å². The number of amides is 1. The van der Waals surface area contributed by atoms with E-state index in [0.717, 1.165) is 29.1 Å². The molecule has 1 saturated heterocycles. The molecular formula is C17H21N3O2S. The van der Waals surface area contributed by atoms with Gasteiger partial charge in [-0.3, -0.25) is 4.79 Å². The van der Waals surface area contributed by atoms with Gasteiger partial charge in [0.2, 0.25) is 0 Å². The maximum atomic E-state index is 12.9. The first-order chi connectivity index (χ1) is 11.2. The van der Waals surface area contributed by atoms with Crippen LogP contribution in [0.15, 0.2) is 17.6 Å². The number of ether oxygens (including phenoxy) is 1. The maximum absolute atomic E-state index is 12.9. The molecule has 0 aromatic carbocycles. The summed E-state index contributed by atoms with van der Waals surface area (Å²) < 4.78 is 5.86. The SMILES string of the molecule is Cc1nc(-c2c[nH]c(C(=O)N3CCO[C@H]4CCCC[C@@H]43)c2)cs1. The number of nitrogens with zero attached hydrogens (tertiary/aromatic N) is 2. The van der Waals surface area contributed by atoms with Crippen LogP contribution < -0.4 is 0 Å². The number of aromatic nitrogens is 2. The first-order valence-corrected chi connectivity index (χ1v) is 9.14. The molecule has 1 aliphatic heterocycles. The third kappa shape index (κ3) is 2.81. The van der Waals surface area contributed by atoms with Crippen LogP contribution in [0.3, 0.4) is 0 Å². The van der Waals surface area contributed by atoms with E-state index in [9.17, 15) is 4.79 Å². The lowest BCUT2D eigenvalue weighted by molar-refractivity contribution is -0.0754. The van der Waals surface area contributed by atoms with Crippen LogP contribution in [-0.4, -0.2) is 46.1 Å². The number of hydrogen-bond acceptors (Lipinski definition) is 4. The highest BCUT2D eigenvalue weighted by atomic mass is 32.1. The predicted octanol–water partition coefficient (Wildman–Crippen LogP) is 3.23. The van der Waals surface area contributed by atoms with E-state index in [0.29, 0.717) is 18.8 Å². The minimum absolute atomic E-state index is 0.0865. The summed E-state index contributed by atoms with van der Waals surface area (Å²) in [5.74, 6) is 0.0865. The van der Waals surface area contributed by atoms with Gasteiger partial charge in [0.15, 0.2) is 0 Å². The van der Waals surface area contributed by atoms with Gasteiger partial charge in [-0.2, -0.15) is 0 Å². The lowest BCUT2D eigenvalue weighted by atomic mass is 9.90. The van der Waals surface area contributed by atoms with E-state index in [4.69, 9.17) is 4.74 Å². The molecule has 0 bridgehead atoms. The van der Waals surface area contributed by atoms with Crippen LogP contribution >= 0.6 is 11.3 Å². The van der Waals surface area contributed by atoms with Crippen LogP contribution in [0.1, 0.15) is 41.2 Å². The van der Waals surface area contributed by atoms with Gasteiger partial charge in [0, 0.05) is 23.7 Å². The van der Waals surface area contributed by atoms with Crippen molar-refractivity contribution in [2.75, 3.05) is 13.2 Å². The highest BCUT2D eigenvalue weighted by molar-refractivity contribution is 7.09. The number of fused-ring (bicyclic) bond motifs is 1. The van der Waals surface area contributed by atoms with E-state index in [-0.39, 0.29) is 18.1 Å². The van der Waals surface area contributed by atoms with Crippen molar-refractivity contribution < 1.29 is 9.53 Å². The Kier molecular flexibility index (Phi) is 3.95. The van der Waals surface area contributed by atoms with E-state index in [1.54, 1.807) is 11.3 Å². The van der Waals surface area contributed by atoms with E-state index >= 15 is 0 Å². The lowest BCUT2D eigenvalue weighted by Gasteiger charge is -2.43. The Hall–Kier alpha value is -1.66. The molecular weight excluding hydrogens is 310 g/mol.